The van der Waals surface area contributed by atoms with E-state index in [-0.39, 0.29) is 12.2 Å². The quantitative estimate of drug-likeness (QED) is 0.484. The van der Waals surface area contributed by atoms with Gasteiger partial charge in [0, 0.05) is 18.1 Å². The second-order valence-corrected chi connectivity index (χ2v) is 3.89. The molecular weight excluding hydrogens is 303 g/mol. The second kappa shape index (κ2) is 4.72. The lowest BCUT2D eigenvalue weighted by Crippen LogP contribution is -2.54. The number of hydrogen-bond acceptors (Lipinski definition) is 3. The van der Waals surface area contributed by atoms with Gasteiger partial charge in [0.1, 0.15) is 6.10 Å². The number of aliphatic hydroxyl groups is 1. The van der Waals surface area contributed by atoms with Gasteiger partial charge in [0.15, 0.2) is 0 Å². The first-order chi connectivity index (χ1) is 8.82. The Kier molecular flexibility index (Phi) is 3.87. The first kappa shape index (κ1) is 16.4. The highest BCUT2D eigenvalue weighted by Gasteiger charge is 2.74. The Morgan fingerprint density at radius 3 is 1.95 bits per heavy atom. The van der Waals surface area contributed by atoms with Gasteiger partial charge < -0.3 is 5.11 Å². The lowest BCUT2D eigenvalue weighted by atomic mass is 9.88. The van der Waals surface area contributed by atoms with Crippen molar-refractivity contribution in [2.75, 3.05) is 0 Å². The molecule has 4 nitrogen and oxygen atoms in total. The Bertz CT molecular complexity index is 463. The van der Waals surface area contributed by atoms with Crippen LogP contribution < -0.4 is 0 Å². The van der Waals surface area contributed by atoms with Gasteiger partial charge in [-0.25, -0.2) is 4.39 Å². The van der Waals surface area contributed by atoms with Gasteiger partial charge in [-0.2, -0.15) is 26.3 Å². The van der Waals surface area contributed by atoms with Crippen molar-refractivity contribution in [2.24, 2.45) is 0 Å². The number of aliphatic hydroxyl groups excluding tert-OH is 1. The Balaban J connectivity index is 3.43. The molecular formula is C9H6F7NO3. The highest BCUT2D eigenvalue weighted by atomic mass is 19.4. The Morgan fingerprint density at radius 2 is 1.60 bits per heavy atom. The summed E-state index contributed by atoms with van der Waals surface area (Å²) in [5, 5.41) is 19.5. The number of hydrogen-bond donors (Lipinski definition) is 1. The first-order valence-electron chi connectivity index (χ1n) is 4.89. The molecule has 0 spiro atoms. The van der Waals surface area contributed by atoms with Crippen molar-refractivity contribution >= 4 is 0 Å². The lowest BCUT2D eigenvalue weighted by molar-refractivity contribution is -0.436. The van der Waals surface area contributed by atoms with Gasteiger partial charge >= 0.3 is 18.0 Å². The standard InChI is InChI=1S/C9H6F7NO3/c10-7(8(11,12)13,9(14,15)16)4-1-2-6(18)5(3-4)17(19)20/h1,3,6,18H,2H2. The van der Waals surface area contributed by atoms with E-state index in [1.807, 2.05) is 0 Å². The van der Waals surface area contributed by atoms with Crippen LogP contribution in [-0.2, 0) is 0 Å². The van der Waals surface area contributed by atoms with Gasteiger partial charge in [-0.1, -0.05) is 6.08 Å². The van der Waals surface area contributed by atoms with Crippen molar-refractivity contribution in [2.45, 2.75) is 30.5 Å². The molecule has 0 radical (unpaired) electrons. The number of halogens is 7. The predicted molar refractivity (Wildman–Crippen MR) is 49.7 cm³/mol. The average Bonchev–Trinajstić information content (AvgIpc) is 2.25. The van der Waals surface area contributed by atoms with Crippen molar-refractivity contribution in [1.29, 1.82) is 0 Å². The Hall–Kier alpha value is -1.65. The fourth-order valence-corrected chi connectivity index (χ4v) is 1.58. The number of alkyl halides is 7. The summed E-state index contributed by atoms with van der Waals surface area (Å²) in [4.78, 5) is 9.03. The van der Waals surface area contributed by atoms with Gasteiger partial charge in [-0.15, -0.1) is 0 Å². The van der Waals surface area contributed by atoms with E-state index in [2.05, 4.69) is 0 Å². The molecule has 1 aliphatic carbocycles. The van der Waals surface area contributed by atoms with E-state index in [1.165, 1.54) is 0 Å². The molecule has 0 bridgehead atoms. The van der Waals surface area contributed by atoms with Crippen LogP contribution in [-0.4, -0.2) is 34.2 Å². The minimum absolute atomic E-state index is 0.138. The molecule has 20 heavy (non-hydrogen) atoms. The van der Waals surface area contributed by atoms with Crippen LogP contribution in [0, 0.1) is 10.1 Å². The van der Waals surface area contributed by atoms with Gasteiger partial charge in [0.25, 0.3) is 5.70 Å². The Labute approximate surface area is 106 Å². The summed E-state index contributed by atoms with van der Waals surface area (Å²) in [6.45, 7) is 0. The van der Waals surface area contributed by atoms with E-state index in [4.69, 9.17) is 5.11 Å². The van der Waals surface area contributed by atoms with E-state index in [1.54, 1.807) is 0 Å². The minimum atomic E-state index is -6.35. The van der Waals surface area contributed by atoms with Gasteiger partial charge in [0.2, 0.25) is 0 Å². The summed E-state index contributed by atoms with van der Waals surface area (Å²) in [5.41, 5.74) is -9.03. The van der Waals surface area contributed by atoms with Gasteiger partial charge in [0.05, 0.1) is 4.92 Å². The van der Waals surface area contributed by atoms with Crippen LogP contribution >= 0.6 is 0 Å². The first-order valence-corrected chi connectivity index (χ1v) is 4.89. The summed E-state index contributed by atoms with van der Waals surface area (Å²) in [5.74, 6) is 0. The van der Waals surface area contributed by atoms with Crippen LogP contribution in [0.5, 0.6) is 0 Å². The van der Waals surface area contributed by atoms with E-state index < -0.39 is 46.7 Å². The van der Waals surface area contributed by atoms with E-state index in [0.717, 1.165) is 0 Å². The van der Waals surface area contributed by atoms with Crippen LogP contribution in [0.25, 0.3) is 0 Å². The molecule has 114 valence electrons. The molecule has 0 heterocycles. The summed E-state index contributed by atoms with van der Waals surface area (Å²) in [6.07, 6.45) is -15.6. The van der Waals surface area contributed by atoms with Crippen LogP contribution in [0.15, 0.2) is 23.4 Å². The summed E-state index contributed by atoms with van der Waals surface area (Å²) >= 11 is 0. The van der Waals surface area contributed by atoms with Crippen molar-refractivity contribution in [3.05, 3.63) is 33.5 Å². The molecule has 0 aliphatic heterocycles. The number of nitrogens with zero attached hydrogens (tertiary/aromatic N) is 1. The molecule has 0 saturated carbocycles. The zero-order valence-corrected chi connectivity index (χ0v) is 9.30. The maximum absolute atomic E-state index is 13.6. The highest BCUT2D eigenvalue weighted by molar-refractivity contribution is 5.38. The monoisotopic (exact) mass is 309 g/mol. The zero-order chi connectivity index (χ0) is 15.9. The molecule has 0 aromatic rings. The maximum Gasteiger partial charge on any atom is 0.435 e. The second-order valence-electron chi connectivity index (χ2n) is 3.89. The highest BCUT2D eigenvalue weighted by Crippen LogP contribution is 2.52. The third-order valence-electron chi connectivity index (χ3n) is 2.60. The van der Waals surface area contributed by atoms with Gasteiger partial charge in [-0.05, 0) is 0 Å². The molecule has 0 saturated heterocycles. The molecule has 0 amide bonds. The molecule has 1 aliphatic rings. The predicted octanol–water partition coefficient (Wildman–Crippen LogP) is 2.67. The molecule has 1 rings (SSSR count). The van der Waals surface area contributed by atoms with Crippen molar-refractivity contribution < 1.29 is 40.8 Å². The molecule has 1 N–H and O–H groups in total. The van der Waals surface area contributed by atoms with E-state index in [0.29, 0.717) is 0 Å². The van der Waals surface area contributed by atoms with Crippen molar-refractivity contribution in [3.63, 3.8) is 0 Å². The Morgan fingerprint density at radius 1 is 1.15 bits per heavy atom. The van der Waals surface area contributed by atoms with E-state index in [9.17, 15) is 40.8 Å². The third kappa shape index (κ3) is 2.49. The van der Waals surface area contributed by atoms with E-state index >= 15 is 0 Å². The third-order valence-corrected chi connectivity index (χ3v) is 2.60. The topological polar surface area (TPSA) is 63.4 Å². The zero-order valence-electron chi connectivity index (χ0n) is 9.30. The smallest absolute Gasteiger partial charge is 0.381 e. The van der Waals surface area contributed by atoms with Crippen LogP contribution in [0.3, 0.4) is 0 Å². The molecule has 11 heteroatoms. The number of nitro groups is 1. The minimum Gasteiger partial charge on any atom is -0.381 e. The largest absolute Gasteiger partial charge is 0.435 e. The molecule has 0 aromatic carbocycles. The van der Waals surface area contributed by atoms with Crippen LogP contribution in [0.1, 0.15) is 6.42 Å². The normalized spacial score (nSPS) is 21.3. The van der Waals surface area contributed by atoms with Crippen LogP contribution in [0.4, 0.5) is 30.7 Å². The van der Waals surface area contributed by atoms with Crippen molar-refractivity contribution in [3.8, 4) is 0 Å². The molecule has 0 aromatic heterocycles. The molecule has 1 unspecified atom stereocenters. The number of rotatable bonds is 2. The van der Waals surface area contributed by atoms with Crippen LogP contribution in [0.2, 0.25) is 0 Å². The average molecular weight is 309 g/mol. The fraction of sp³-hybridized carbons (Fsp3) is 0.556. The summed E-state index contributed by atoms with van der Waals surface area (Å²) in [7, 11) is 0. The number of allylic oxidation sites excluding steroid dienone is 2. The summed E-state index contributed by atoms with van der Waals surface area (Å²) in [6, 6.07) is 0. The molecule has 0 fully saturated rings. The lowest BCUT2D eigenvalue weighted by Gasteiger charge is -2.32. The maximum atomic E-state index is 13.6. The van der Waals surface area contributed by atoms with Gasteiger partial charge in [-0.3, -0.25) is 10.1 Å². The van der Waals surface area contributed by atoms with Crippen molar-refractivity contribution in [1.82, 2.24) is 0 Å². The fourth-order valence-electron chi connectivity index (χ4n) is 1.58. The SMILES string of the molecule is O=[N+]([O-])C1=CC(C(F)(C(F)(F)F)C(F)(F)F)=CCC1O. The summed E-state index contributed by atoms with van der Waals surface area (Å²) < 4.78 is 88.1. The molecule has 1 atom stereocenters.